The van der Waals surface area contributed by atoms with E-state index in [4.69, 9.17) is 21.1 Å². The van der Waals surface area contributed by atoms with E-state index in [1.54, 1.807) is 25.1 Å². The molecule has 0 saturated heterocycles. The van der Waals surface area contributed by atoms with Crippen molar-refractivity contribution in [2.45, 2.75) is 12.3 Å². The second-order valence-corrected chi connectivity index (χ2v) is 4.89. The summed E-state index contributed by atoms with van der Waals surface area (Å²) >= 11 is 5.60. The van der Waals surface area contributed by atoms with Crippen molar-refractivity contribution in [1.29, 1.82) is 0 Å². The average molecular weight is 315 g/mol. The quantitative estimate of drug-likeness (QED) is 0.585. The standard InChI is InChI=1S/C14H19ClN2O4/c1-9(15)13(18)16-6-7-17-14(19)10-4-5-11(20-2)12(8-10)21-3/h4-5,8-9H,6-7H2,1-3H3,(H,16,18)(H,17,19). The normalized spacial score (nSPS) is 11.4. The molecule has 0 aliphatic rings. The first-order valence-corrected chi connectivity index (χ1v) is 6.85. The molecule has 21 heavy (non-hydrogen) atoms. The lowest BCUT2D eigenvalue weighted by Crippen LogP contribution is -2.37. The maximum Gasteiger partial charge on any atom is 0.251 e. The second kappa shape index (κ2) is 8.36. The highest BCUT2D eigenvalue weighted by atomic mass is 35.5. The fraction of sp³-hybridized carbons (Fsp3) is 0.429. The van der Waals surface area contributed by atoms with Gasteiger partial charge in [-0.2, -0.15) is 0 Å². The summed E-state index contributed by atoms with van der Waals surface area (Å²) in [6.07, 6.45) is 0. The zero-order valence-electron chi connectivity index (χ0n) is 12.2. The smallest absolute Gasteiger partial charge is 0.251 e. The summed E-state index contributed by atoms with van der Waals surface area (Å²) in [5.41, 5.74) is 0.449. The minimum atomic E-state index is -0.591. The molecule has 1 rings (SSSR count). The third-order valence-corrected chi connectivity index (χ3v) is 2.91. The van der Waals surface area contributed by atoms with E-state index in [-0.39, 0.29) is 11.8 Å². The van der Waals surface area contributed by atoms with Crippen LogP contribution in [0.5, 0.6) is 11.5 Å². The SMILES string of the molecule is COc1ccc(C(=O)NCCNC(=O)C(C)Cl)cc1OC. The molecule has 2 amide bonds. The lowest BCUT2D eigenvalue weighted by atomic mass is 10.2. The fourth-order valence-electron chi connectivity index (χ4n) is 1.58. The number of nitrogens with one attached hydrogen (secondary N) is 2. The van der Waals surface area contributed by atoms with Crippen LogP contribution in [0.2, 0.25) is 0 Å². The molecule has 0 saturated carbocycles. The molecule has 0 radical (unpaired) electrons. The monoisotopic (exact) mass is 314 g/mol. The molecule has 2 N–H and O–H groups in total. The summed E-state index contributed by atoms with van der Waals surface area (Å²) in [7, 11) is 3.03. The molecule has 0 aliphatic carbocycles. The molecule has 1 unspecified atom stereocenters. The van der Waals surface area contributed by atoms with Gasteiger partial charge in [0.1, 0.15) is 5.38 Å². The third kappa shape index (κ3) is 5.15. The van der Waals surface area contributed by atoms with E-state index in [1.807, 2.05) is 0 Å². The molecule has 0 bridgehead atoms. The highest BCUT2D eigenvalue weighted by molar-refractivity contribution is 6.30. The lowest BCUT2D eigenvalue weighted by molar-refractivity contribution is -0.120. The number of rotatable bonds is 7. The van der Waals surface area contributed by atoms with Crippen molar-refractivity contribution in [3.63, 3.8) is 0 Å². The highest BCUT2D eigenvalue weighted by Crippen LogP contribution is 2.27. The van der Waals surface area contributed by atoms with Crippen LogP contribution in [-0.4, -0.2) is 44.5 Å². The molecule has 1 aromatic carbocycles. The van der Waals surface area contributed by atoms with Gasteiger partial charge in [0.2, 0.25) is 5.91 Å². The van der Waals surface area contributed by atoms with Gasteiger partial charge in [-0.15, -0.1) is 11.6 Å². The Kier molecular flexibility index (Phi) is 6.81. The van der Waals surface area contributed by atoms with Crippen molar-refractivity contribution in [2.75, 3.05) is 27.3 Å². The van der Waals surface area contributed by atoms with Gasteiger partial charge in [-0.1, -0.05) is 0 Å². The largest absolute Gasteiger partial charge is 0.493 e. The van der Waals surface area contributed by atoms with Crippen LogP contribution in [0.25, 0.3) is 0 Å². The molecule has 6 nitrogen and oxygen atoms in total. The molecular formula is C14H19ClN2O4. The average Bonchev–Trinajstić information content (AvgIpc) is 2.50. The van der Waals surface area contributed by atoms with Gasteiger partial charge in [-0.25, -0.2) is 0 Å². The van der Waals surface area contributed by atoms with Gasteiger partial charge in [-0.05, 0) is 25.1 Å². The summed E-state index contributed by atoms with van der Waals surface area (Å²) in [6, 6.07) is 4.88. The summed E-state index contributed by atoms with van der Waals surface area (Å²) in [4.78, 5) is 23.2. The number of hydrogen-bond donors (Lipinski definition) is 2. The van der Waals surface area contributed by atoms with Crippen molar-refractivity contribution >= 4 is 23.4 Å². The molecule has 0 spiro atoms. The number of benzene rings is 1. The second-order valence-electron chi connectivity index (χ2n) is 4.23. The Balaban J connectivity index is 2.51. The van der Waals surface area contributed by atoms with Gasteiger partial charge >= 0.3 is 0 Å². The van der Waals surface area contributed by atoms with Crippen molar-refractivity contribution in [3.05, 3.63) is 23.8 Å². The van der Waals surface area contributed by atoms with E-state index in [2.05, 4.69) is 10.6 Å². The van der Waals surface area contributed by atoms with Gasteiger partial charge in [-0.3, -0.25) is 9.59 Å². The maximum atomic E-state index is 11.9. The van der Waals surface area contributed by atoms with Crippen LogP contribution in [0.15, 0.2) is 18.2 Å². The molecule has 1 aromatic rings. The zero-order valence-corrected chi connectivity index (χ0v) is 13.0. The van der Waals surface area contributed by atoms with Gasteiger partial charge in [0.05, 0.1) is 14.2 Å². The number of carbonyl (C=O) groups excluding carboxylic acids is 2. The van der Waals surface area contributed by atoms with E-state index in [1.165, 1.54) is 14.2 Å². The summed E-state index contributed by atoms with van der Waals surface area (Å²) < 4.78 is 10.2. The number of methoxy groups -OCH3 is 2. The first-order valence-electron chi connectivity index (χ1n) is 6.41. The predicted molar refractivity (Wildman–Crippen MR) is 80.2 cm³/mol. The number of ether oxygens (including phenoxy) is 2. The van der Waals surface area contributed by atoms with E-state index in [0.29, 0.717) is 30.2 Å². The van der Waals surface area contributed by atoms with Gasteiger partial charge in [0.15, 0.2) is 11.5 Å². The van der Waals surface area contributed by atoms with Gasteiger partial charge in [0, 0.05) is 18.7 Å². The highest BCUT2D eigenvalue weighted by Gasteiger charge is 2.11. The minimum Gasteiger partial charge on any atom is -0.493 e. The Morgan fingerprint density at radius 2 is 1.76 bits per heavy atom. The minimum absolute atomic E-state index is 0.260. The summed E-state index contributed by atoms with van der Waals surface area (Å²) in [5, 5.41) is 4.70. The van der Waals surface area contributed by atoms with Crippen molar-refractivity contribution in [2.24, 2.45) is 0 Å². The van der Waals surface area contributed by atoms with E-state index in [0.717, 1.165) is 0 Å². The number of amides is 2. The molecule has 0 aromatic heterocycles. The van der Waals surface area contributed by atoms with Gasteiger partial charge in [0.25, 0.3) is 5.91 Å². The maximum absolute atomic E-state index is 11.9. The third-order valence-electron chi connectivity index (χ3n) is 2.72. The van der Waals surface area contributed by atoms with Crippen molar-refractivity contribution < 1.29 is 19.1 Å². The molecule has 116 valence electrons. The zero-order chi connectivity index (χ0) is 15.8. The Hall–Kier alpha value is -1.95. The van der Waals surface area contributed by atoms with Crippen LogP contribution >= 0.6 is 11.6 Å². The summed E-state index contributed by atoms with van der Waals surface area (Å²) in [6.45, 7) is 2.20. The molecular weight excluding hydrogens is 296 g/mol. The Bertz CT molecular complexity index is 506. The number of alkyl halides is 1. The van der Waals surface area contributed by atoms with Crippen LogP contribution in [0.1, 0.15) is 17.3 Å². The van der Waals surface area contributed by atoms with E-state index < -0.39 is 5.38 Å². The van der Waals surface area contributed by atoms with Gasteiger partial charge < -0.3 is 20.1 Å². The van der Waals surface area contributed by atoms with Crippen LogP contribution in [0, 0.1) is 0 Å². The molecule has 0 fully saturated rings. The first kappa shape index (κ1) is 17.1. The number of halogens is 1. The van der Waals surface area contributed by atoms with Crippen LogP contribution < -0.4 is 20.1 Å². The Labute approximate surface area is 128 Å². The Morgan fingerprint density at radius 1 is 1.14 bits per heavy atom. The van der Waals surface area contributed by atoms with Crippen LogP contribution in [0.4, 0.5) is 0 Å². The lowest BCUT2D eigenvalue weighted by Gasteiger charge is -2.10. The molecule has 1 atom stereocenters. The molecule has 0 heterocycles. The first-order chi connectivity index (χ1) is 9.99. The Morgan fingerprint density at radius 3 is 2.33 bits per heavy atom. The van der Waals surface area contributed by atoms with Crippen LogP contribution in [-0.2, 0) is 4.79 Å². The number of hydrogen-bond acceptors (Lipinski definition) is 4. The fourth-order valence-corrected chi connectivity index (χ4v) is 1.66. The summed E-state index contributed by atoms with van der Waals surface area (Å²) in [5.74, 6) is 0.507. The number of carbonyl (C=O) groups is 2. The molecule has 7 heteroatoms. The predicted octanol–water partition coefficient (Wildman–Crippen LogP) is 1.18. The van der Waals surface area contributed by atoms with Crippen molar-refractivity contribution in [3.8, 4) is 11.5 Å². The van der Waals surface area contributed by atoms with Crippen molar-refractivity contribution in [1.82, 2.24) is 10.6 Å². The topological polar surface area (TPSA) is 76.7 Å². The van der Waals surface area contributed by atoms with E-state index >= 15 is 0 Å². The molecule has 0 aliphatic heterocycles. The van der Waals surface area contributed by atoms with E-state index in [9.17, 15) is 9.59 Å². The van der Waals surface area contributed by atoms with Crippen LogP contribution in [0.3, 0.4) is 0 Å².